The van der Waals surface area contributed by atoms with Crippen molar-refractivity contribution in [2.24, 2.45) is 5.41 Å². The third kappa shape index (κ3) is 5.69. The van der Waals surface area contributed by atoms with E-state index in [1.54, 1.807) is 25.1 Å². The van der Waals surface area contributed by atoms with Crippen molar-refractivity contribution in [2.75, 3.05) is 13.2 Å². The summed E-state index contributed by atoms with van der Waals surface area (Å²) in [6.45, 7) is 2.75. The highest BCUT2D eigenvalue weighted by Crippen LogP contribution is 2.46. The van der Waals surface area contributed by atoms with Crippen LogP contribution in [0.25, 0.3) is 0 Å². The Morgan fingerprint density at radius 3 is 2.33 bits per heavy atom. The van der Waals surface area contributed by atoms with Crippen LogP contribution >= 0.6 is 11.6 Å². The van der Waals surface area contributed by atoms with E-state index in [1.807, 2.05) is 30.3 Å². The van der Waals surface area contributed by atoms with E-state index >= 15 is 0 Å². The highest BCUT2D eigenvalue weighted by Gasteiger charge is 2.44. The van der Waals surface area contributed by atoms with E-state index < -0.39 is 5.97 Å². The number of nitriles is 1. The van der Waals surface area contributed by atoms with E-state index in [0.717, 1.165) is 24.2 Å². The third-order valence-corrected chi connectivity index (χ3v) is 5.40. The first kappa shape index (κ1) is 21.6. The van der Waals surface area contributed by atoms with Gasteiger partial charge in [-0.15, -0.1) is 5.92 Å². The number of carbonyl (C=O) groups is 1. The van der Waals surface area contributed by atoms with Crippen LogP contribution in [0, 0.1) is 28.6 Å². The molecular weight excluding hydrogens is 402 g/mol. The molecule has 1 unspecified atom stereocenters. The van der Waals surface area contributed by atoms with E-state index in [-0.39, 0.29) is 17.8 Å². The Hall–Kier alpha value is -3.15. The number of hydrogen-bond acceptors (Lipinski definition) is 4. The van der Waals surface area contributed by atoms with Crippen LogP contribution in [0.3, 0.4) is 0 Å². The van der Waals surface area contributed by atoms with Crippen molar-refractivity contribution in [3.63, 3.8) is 0 Å². The lowest BCUT2D eigenvalue weighted by Gasteiger charge is -2.18. The van der Waals surface area contributed by atoms with Gasteiger partial charge in [0.05, 0.1) is 36.1 Å². The van der Waals surface area contributed by atoms with Gasteiger partial charge in [-0.25, -0.2) is 0 Å². The number of carboxylic acids is 1. The number of carboxylic acid groups (broad SMARTS) is 1. The smallest absolute Gasteiger partial charge is 0.304 e. The van der Waals surface area contributed by atoms with Crippen LogP contribution in [0.1, 0.15) is 43.2 Å². The van der Waals surface area contributed by atoms with Gasteiger partial charge in [-0.2, -0.15) is 5.26 Å². The average molecular weight is 424 g/mol. The molecular formula is C24H22ClNO4. The second-order valence-electron chi connectivity index (χ2n) is 7.44. The predicted molar refractivity (Wildman–Crippen MR) is 114 cm³/mol. The van der Waals surface area contributed by atoms with Crippen LogP contribution in [0.5, 0.6) is 11.5 Å². The normalized spacial score (nSPS) is 14.6. The number of aliphatic carboxylic acids is 1. The van der Waals surface area contributed by atoms with Gasteiger partial charge in [-0.1, -0.05) is 29.7 Å². The summed E-state index contributed by atoms with van der Waals surface area (Å²) in [5.74, 6) is 5.90. The zero-order valence-electron chi connectivity index (χ0n) is 16.7. The summed E-state index contributed by atoms with van der Waals surface area (Å²) in [4.78, 5) is 11.0. The zero-order chi connectivity index (χ0) is 21.6. The van der Waals surface area contributed by atoms with Gasteiger partial charge in [0, 0.05) is 11.5 Å². The van der Waals surface area contributed by atoms with Crippen LogP contribution < -0.4 is 9.47 Å². The Kier molecular flexibility index (Phi) is 6.87. The van der Waals surface area contributed by atoms with Crippen LogP contribution in [-0.2, 0) is 4.79 Å². The van der Waals surface area contributed by atoms with Crippen LogP contribution in [0.15, 0.2) is 42.5 Å². The lowest BCUT2D eigenvalue weighted by molar-refractivity contribution is -0.137. The summed E-state index contributed by atoms with van der Waals surface area (Å²) >= 11 is 6.05. The first-order valence-corrected chi connectivity index (χ1v) is 10.0. The van der Waals surface area contributed by atoms with Gasteiger partial charge in [0.15, 0.2) is 0 Å². The summed E-state index contributed by atoms with van der Waals surface area (Å²) in [5, 5.41) is 18.4. The minimum absolute atomic E-state index is 0.0269. The maximum atomic E-state index is 11.0. The SMILES string of the molecule is CC#CC(CC(=O)O)c1ccc(OCC2(COc3ccc(C#N)c(Cl)c3)CC2)cc1. The summed E-state index contributed by atoms with van der Waals surface area (Å²) in [6, 6.07) is 14.5. The minimum Gasteiger partial charge on any atom is -0.493 e. The standard InChI is InChI=1S/C24H22ClNO4/c1-2-3-18(12-23(27)28)17-4-7-20(8-5-17)29-15-24(10-11-24)16-30-21-9-6-19(14-26)22(25)13-21/h4-9,13,18H,10-12,15-16H2,1H3,(H,27,28). The molecule has 30 heavy (non-hydrogen) atoms. The maximum absolute atomic E-state index is 11.0. The number of benzene rings is 2. The Balaban J connectivity index is 1.54. The van der Waals surface area contributed by atoms with Crippen LogP contribution in [0.2, 0.25) is 5.02 Å². The molecule has 1 fully saturated rings. The maximum Gasteiger partial charge on any atom is 0.304 e. The number of nitrogens with zero attached hydrogens (tertiary/aromatic N) is 1. The second-order valence-corrected chi connectivity index (χ2v) is 7.85. The molecule has 0 amide bonds. The summed E-state index contributed by atoms with van der Waals surface area (Å²) < 4.78 is 11.8. The monoisotopic (exact) mass is 423 g/mol. The summed E-state index contributed by atoms with van der Waals surface area (Å²) in [6.07, 6.45) is 2.00. The molecule has 6 heteroatoms. The molecule has 154 valence electrons. The summed E-state index contributed by atoms with van der Waals surface area (Å²) in [5.41, 5.74) is 1.26. The lowest BCUT2D eigenvalue weighted by Crippen LogP contribution is -2.21. The topological polar surface area (TPSA) is 79.6 Å². The number of hydrogen-bond donors (Lipinski definition) is 1. The average Bonchev–Trinajstić information content (AvgIpc) is 3.51. The number of rotatable bonds is 9. The Morgan fingerprint density at radius 2 is 1.80 bits per heavy atom. The molecule has 0 saturated heterocycles. The molecule has 0 heterocycles. The van der Waals surface area contributed by atoms with Crippen molar-refractivity contribution in [2.45, 2.75) is 32.1 Å². The zero-order valence-corrected chi connectivity index (χ0v) is 17.4. The molecule has 1 saturated carbocycles. The fraction of sp³-hybridized carbons (Fsp3) is 0.333. The molecule has 0 bridgehead atoms. The van der Waals surface area contributed by atoms with E-state index in [4.69, 9.17) is 31.4 Å². The molecule has 0 aliphatic heterocycles. The molecule has 0 aromatic heterocycles. The Morgan fingerprint density at radius 1 is 1.17 bits per heavy atom. The molecule has 1 N–H and O–H groups in total. The van der Waals surface area contributed by atoms with Gasteiger partial charge in [0.1, 0.15) is 17.6 Å². The number of ether oxygens (including phenoxy) is 2. The largest absolute Gasteiger partial charge is 0.493 e. The van der Waals surface area contributed by atoms with Gasteiger partial charge >= 0.3 is 5.97 Å². The highest BCUT2D eigenvalue weighted by atomic mass is 35.5. The van der Waals surface area contributed by atoms with Gasteiger partial charge < -0.3 is 14.6 Å². The van der Waals surface area contributed by atoms with E-state index in [0.29, 0.717) is 29.5 Å². The van der Waals surface area contributed by atoms with Crippen LogP contribution in [-0.4, -0.2) is 24.3 Å². The molecule has 3 rings (SSSR count). The van der Waals surface area contributed by atoms with Crippen molar-refractivity contribution >= 4 is 17.6 Å². The second kappa shape index (κ2) is 9.57. The first-order chi connectivity index (χ1) is 14.4. The first-order valence-electron chi connectivity index (χ1n) is 9.64. The van der Waals surface area contributed by atoms with Crippen molar-refractivity contribution < 1.29 is 19.4 Å². The number of halogens is 1. The van der Waals surface area contributed by atoms with E-state index in [9.17, 15) is 4.79 Å². The van der Waals surface area contributed by atoms with Gasteiger partial charge in [-0.3, -0.25) is 4.79 Å². The van der Waals surface area contributed by atoms with Crippen molar-refractivity contribution in [3.05, 3.63) is 58.6 Å². The Bertz CT molecular complexity index is 1010. The molecule has 2 aromatic carbocycles. The molecule has 5 nitrogen and oxygen atoms in total. The molecule has 1 atom stereocenters. The minimum atomic E-state index is -0.873. The van der Waals surface area contributed by atoms with Gasteiger partial charge in [0.2, 0.25) is 0 Å². The van der Waals surface area contributed by atoms with Gasteiger partial charge in [0.25, 0.3) is 0 Å². The fourth-order valence-electron chi connectivity index (χ4n) is 3.05. The third-order valence-electron chi connectivity index (χ3n) is 5.09. The quantitative estimate of drug-likeness (QED) is 0.572. The fourth-order valence-corrected chi connectivity index (χ4v) is 3.27. The van der Waals surface area contributed by atoms with Gasteiger partial charge in [-0.05, 0) is 49.6 Å². The van der Waals surface area contributed by atoms with Crippen molar-refractivity contribution in [1.82, 2.24) is 0 Å². The molecule has 2 aromatic rings. The Labute approximate surface area is 181 Å². The van der Waals surface area contributed by atoms with E-state index in [2.05, 4.69) is 11.8 Å². The van der Waals surface area contributed by atoms with E-state index in [1.165, 1.54) is 0 Å². The highest BCUT2D eigenvalue weighted by molar-refractivity contribution is 6.31. The molecule has 0 spiro atoms. The van der Waals surface area contributed by atoms with Crippen molar-refractivity contribution in [1.29, 1.82) is 5.26 Å². The molecule has 1 aliphatic carbocycles. The van der Waals surface area contributed by atoms with Crippen molar-refractivity contribution in [3.8, 4) is 29.4 Å². The predicted octanol–water partition coefficient (Wildman–Crippen LogP) is 5.03. The van der Waals surface area contributed by atoms with Crippen LogP contribution in [0.4, 0.5) is 0 Å². The lowest BCUT2D eigenvalue weighted by atomic mass is 9.96. The summed E-state index contributed by atoms with van der Waals surface area (Å²) in [7, 11) is 0. The molecule has 0 radical (unpaired) electrons. The molecule has 1 aliphatic rings.